The molecule has 0 saturated heterocycles. The van der Waals surface area contributed by atoms with Crippen LogP contribution < -0.4 is 0 Å². The summed E-state index contributed by atoms with van der Waals surface area (Å²) in [6.45, 7) is 3.98. The first-order valence-electron chi connectivity index (χ1n) is 11.5. The standard InChI is InChI=1S/C30H24N2/c1-2-20-15-16-28-24(19-20)23-11-5-8-14-27(23)32(28)30-18-17-29(30)31-25-12-6-3-9-21(25)22-10-4-7-13-26(22)31/h2-16,19,29-30H,1,17-18H2/t29-,30-/m1/s1. The van der Waals surface area contributed by atoms with Gasteiger partial charge in [0.1, 0.15) is 0 Å². The molecule has 0 radical (unpaired) electrons. The number of nitrogens with zero attached hydrogens (tertiary/aromatic N) is 2. The minimum absolute atomic E-state index is 0.436. The zero-order valence-electron chi connectivity index (χ0n) is 17.9. The quantitative estimate of drug-likeness (QED) is 0.278. The van der Waals surface area contributed by atoms with E-state index in [0.717, 1.165) is 0 Å². The molecule has 0 unspecified atom stereocenters. The van der Waals surface area contributed by atoms with Crippen LogP contribution in [0.15, 0.2) is 97.6 Å². The molecule has 4 aromatic carbocycles. The van der Waals surface area contributed by atoms with E-state index in [4.69, 9.17) is 0 Å². The van der Waals surface area contributed by atoms with E-state index in [9.17, 15) is 0 Å². The van der Waals surface area contributed by atoms with Crippen LogP contribution in [-0.4, -0.2) is 9.13 Å². The van der Waals surface area contributed by atoms with E-state index in [-0.39, 0.29) is 0 Å². The Kier molecular flexibility index (Phi) is 3.69. The lowest BCUT2D eigenvalue weighted by atomic mass is 9.85. The average Bonchev–Trinajstić information content (AvgIpc) is 3.32. The van der Waals surface area contributed by atoms with E-state index in [1.54, 1.807) is 0 Å². The lowest BCUT2D eigenvalue weighted by Gasteiger charge is -2.40. The third kappa shape index (κ3) is 2.30. The third-order valence-electron chi connectivity index (χ3n) is 7.45. The third-order valence-corrected chi connectivity index (χ3v) is 7.45. The van der Waals surface area contributed by atoms with Crippen molar-refractivity contribution in [1.82, 2.24) is 9.13 Å². The fraction of sp³-hybridized carbons (Fsp3) is 0.133. The number of hydrogen-bond acceptors (Lipinski definition) is 0. The van der Waals surface area contributed by atoms with Gasteiger partial charge in [0.25, 0.3) is 0 Å². The number of fused-ring (bicyclic) bond motifs is 6. The van der Waals surface area contributed by atoms with Crippen LogP contribution in [-0.2, 0) is 0 Å². The van der Waals surface area contributed by atoms with Crippen LogP contribution in [0.5, 0.6) is 0 Å². The van der Waals surface area contributed by atoms with Gasteiger partial charge in [-0.25, -0.2) is 0 Å². The molecule has 1 fully saturated rings. The Balaban J connectivity index is 1.49. The Labute approximate surface area is 187 Å². The molecule has 1 aliphatic rings. The highest BCUT2D eigenvalue weighted by molar-refractivity contribution is 6.09. The van der Waals surface area contributed by atoms with Gasteiger partial charge in [-0.15, -0.1) is 0 Å². The van der Waals surface area contributed by atoms with Crippen LogP contribution >= 0.6 is 0 Å². The van der Waals surface area contributed by atoms with Crippen molar-refractivity contribution in [3.05, 3.63) is 103 Å². The summed E-state index contributed by atoms with van der Waals surface area (Å²) in [5.41, 5.74) is 6.52. The zero-order chi connectivity index (χ0) is 21.2. The number of para-hydroxylation sites is 3. The molecule has 1 saturated carbocycles. The normalized spacial score (nSPS) is 18.5. The SMILES string of the molecule is C=Cc1ccc2c(c1)c1ccccc1n2[C@@H]1CC[C@H]1n1c2ccccc2c2ccccc21. The smallest absolute Gasteiger partial charge is 0.0551 e. The van der Waals surface area contributed by atoms with Gasteiger partial charge in [0.15, 0.2) is 0 Å². The summed E-state index contributed by atoms with van der Waals surface area (Å²) in [5, 5.41) is 5.36. The monoisotopic (exact) mass is 412 g/mol. The summed E-state index contributed by atoms with van der Waals surface area (Å²) in [5.74, 6) is 0. The molecule has 0 bridgehead atoms. The summed E-state index contributed by atoms with van der Waals surface area (Å²) in [7, 11) is 0. The minimum Gasteiger partial charge on any atom is -0.335 e. The topological polar surface area (TPSA) is 9.86 Å². The predicted molar refractivity (Wildman–Crippen MR) is 136 cm³/mol. The van der Waals surface area contributed by atoms with E-state index in [0.29, 0.717) is 12.1 Å². The Morgan fingerprint density at radius 2 is 1.00 bits per heavy atom. The van der Waals surface area contributed by atoms with E-state index < -0.39 is 0 Å². The number of benzene rings is 4. The largest absolute Gasteiger partial charge is 0.335 e. The number of rotatable bonds is 3. The Morgan fingerprint density at radius 3 is 1.47 bits per heavy atom. The zero-order valence-corrected chi connectivity index (χ0v) is 17.9. The van der Waals surface area contributed by atoms with Crippen molar-refractivity contribution in [2.24, 2.45) is 0 Å². The van der Waals surface area contributed by atoms with Gasteiger partial charge in [0, 0.05) is 43.6 Å². The Hall–Kier alpha value is -3.78. The minimum atomic E-state index is 0.436. The molecule has 32 heavy (non-hydrogen) atoms. The van der Waals surface area contributed by atoms with Gasteiger partial charge in [-0.05, 0) is 48.7 Å². The molecule has 0 spiro atoms. The molecular weight excluding hydrogens is 388 g/mol. The summed E-state index contributed by atoms with van der Waals surface area (Å²) in [6.07, 6.45) is 4.34. The molecule has 2 aromatic heterocycles. The highest BCUT2D eigenvalue weighted by Crippen LogP contribution is 2.49. The van der Waals surface area contributed by atoms with Crippen LogP contribution in [0.2, 0.25) is 0 Å². The van der Waals surface area contributed by atoms with E-state index in [1.165, 1.54) is 62.0 Å². The van der Waals surface area contributed by atoms with E-state index in [1.807, 2.05) is 6.08 Å². The van der Waals surface area contributed by atoms with Crippen molar-refractivity contribution in [2.75, 3.05) is 0 Å². The molecule has 1 aliphatic carbocycles. The summed E-state index contributed by atoms with van der Waals surface area (Å²) >= 11 is 0. The molecule has 2 heteroatoms. The van der Waals surface area contributed by atoms with Gasteiger partial charge >= 0.3 is 0 Å². The maximum Gasteiger partial charge on any atom is 0.0551 e. The highest BCUT2D eigenvalue weighted by Gasteiger charge is 2.37. The van der Waals surface area contributed by atoms with Crippen molar-refractivity contribution < 1.29 is 0 Å². The molecule has 2 atom stereocenters. The molecule has 6 aromatic rings. The van der Waals surface area contributed by atoms with Crippen molar-refractivity contribution >= 4 is 49.7 Å². The van der Waals surface area contributed by atoms with Gasteiger partial charge in [-0.1, -0.05) is 73.3 Å². The Morgan fingerprint density at radius 1 is 0.562 bits per heavy atom. The van der Waals surface area contributed by atoms with Gasteiger partial charge in [-0.3, -0.25) is 0 Å². The Bertz CT molecular complexity index is 1610. The van der Waals surface area contributed by atoms with Crippen LogP contribution in [0.25, 0.3) is 49.7 Å². The van der Waals surface area contributed by atoms with Crippen LogP contribution in [0.4, 0.5) is 0 Å². The second-order valence-electron chi connectivity index (χ2n) is 8.98. The van der Waals surface area contributed by atoms with Crippen molar-refractivity contribution in [2.45, 2.75) is 24.9 Å². The first kappa shape index (κ1) is 17.9. The molecule has 0 N–H and O–H groups in total. The molecule has 2 heterocycles. The number of aromatic nitrogens is 2. The molecule has 0 amide bonds. The van der Waals surface area contributed by atoms with Crippen LogP contribution in [0.1, 0.15) is 30.5 Å². The fourth-order valence-electron chi connectivity index (χ4n) is 5.88. The fourth-order valence-corrected chi connectivity index (χ4v) is 5.88. The van der Waals surface area contributed by atoms with Gasteiger partial charge in [-0.2, -0.15) is 0 Å². The average molecular weight is 413 g/mol. The second kappa shape index (κ2) is 6.61. The summed E-state index contributed by atoms with van der Waals surface area (Å²) < 4.78 is 5.22. The van der Waals surface area contributed by atoms with Crippen molar-refractivity contribution in [3.63, 3.8) is 0 Å². The molecule has 154 valence electrons. The van der Waals surface area contributed by atoms with Crippen molar-refractivity contribution in [1.29, 1.82) is 0 Å². The van der Waals surface area contributed by atoms with Crippen LogP contribution in [0, 0.1) is 0 Å². The molecular formula is C30H24N2. The first-order valence-corrected chi connectivity index (χ1v) is 11.5. The lowest BCUT2D eigenvalue weighted by Crippen LogP contribution is -2.31. The van der Waals surface area contributed by atoms with Crippen LogP contribution in [0.3, 0.4) is 0 Å². The molecule has 0 aliphatic heterocycles. The molecule has 7 rings (SSSR count). The highest BCUT2D eigenvalue weighted by atomic mass is 15.1. The predicted octanol–water partition coefficient (Wildman–Crippen LogP) is 8.12. The van der Waals surface area contributed by atoms with E-state index >= 15 is 0 Å². The van der Waals surface area contributed by atoms with Crippen molar-refractivity contribution in [3.8, 4) is 0 Å². The number of hydrogen-bond donors (Lipinski definition) is 0. The first-order chi connectivity index (χ1) is 15.8. The summed E-state index contributed by atoms with van der Waals surface area (Å²) in [4.78, 5) is 0. The van der Waals surface area contributed by atoms with E-state index in [2.05, 4.69) is 107 Å². The van der Waals surface area contributed by atoms with Gasteiger partial charge in [0.2, 0.25) is 0 Å². The van der Waals surface area contributed by atoms with Gasteiger partial charge in [0.05, 0.1) is 12.1 Å². The van der Waals surface area contributed by atoms with Gasteiger partial charge < -0.3 is 9.13 Å². The maximum absolute atomic E-state index is 3.98. The second-order valence-corrected chi connectivity index (χ2v) is 8.98. The maximum atomic E-state index is 3.98. The lowest BCUT2D eigenvalue weighted by molar-refractivity contribution is 0.205. The summed E-state index contributed by atoms with van der Waals surface area (Å²) in [6, 6.07) is 34.2. The molecule has 2 nitrogen and oxygen atoms in total.